The van der Waals surface area contributed by atoms with Gasteiger partial charge in [-0.3, -0.25) is 0 Å². The molecule has 0 saturated carbocycles. The molecule has 37 heavy (non-hydrogen) atoms. The molecule has 1 aromatic heterocycles. The average Bonchev–Trinajstić information content (AvgIpc) is 2.79. The lowest BCUT2D eigenvalue weighted by Crippen LogP contribution is -2.20. The average molecular weight is 539 g/mol. The fourth-order valence-corrected chi connectivity index (χ4v) is 4.99. The number of aromatic nitrogens is 2. The first-order chi connectivity index (χ1) is 17.5. The second kappa shape index (κ2) is 12.1. The maximum absolute atomic E-state index is 14.4. The molecule has 0 aliphatic rings. The van der Waals surface area contributed by atoms with E-state index in [-0.39, 0.29) is 23.0 Å². The highest BCUT2D eigenvalue weighted by molar-refractivity contribution is 7.98. The van der Waals surface area contributed by atoms with Crippen molar-refractivity contribution >= 4 is 33.5 Å². The molecule has 13 heteroatoms. The SMILES string of the molecule is CN(CCCCN)c1cc(C[SH](C)(O)=NC(=O)O)cc(Nc2ncc(F)c(-c3ccc(F)cc3F)n2)c1. The van der Waals surface area contributed by atoms with Crippen molar-refractivity contribution in [3.63, 3.8) is 0 Å². The molecular formula is C24H29F3N6O3S. The van der Waals surface area contributed by atoms with E-state index in [1.165, 1.54) is 6.26 Å². The van der Waals surface area contributed by atoms with Gasteiger partial charge in [0.2, 0.25) is 5.95 Å². The first-order valence-electron chi connectivity index (χ1n) is 11.3. The summed E-state index contributed by atoms with van der Waals surface area (Å²) >= 11 is 0. The van der Waals surface area contributed by atoms with E-state index in [2.05, 4.69) is 19.6 Å². The van der Waals surface area contributed by atoms with E-state index in [0.717, 1.165) is 36.9 Å². The number of rotatable bonds is 10. The van der Waals surface area contributed by atoms with Gasteiger partial charge in [0.05, 0.1) is 6.20 Å². The standard InChI is InChI=1S/C24H29F3N6O3S/c1-33(8-4-3-7-28)18-10-15(14-37(2,36)32-24(34)35)9-17(12-18)30-23-29-13-21(27)22(31-23)19-6-5-16(25)11-20(19)26/h5-6,9-13,37H,3-4,7-8,14,28H2,1-2H3,(H,32,36)(H,34,35)(H,29,30,31). The van der Waals surface area contributed by atoms with Crippen LogP contribution in [0.25, 0.3) is 11.3 Å². The number of halogens is 3. The number of nitrogens with zero attached hydrogens (tertiary/aromatic N) is 4. The predicted molar refractivity (Wildman–Crippen MR) is 140 cm³/mol. The molecule has 0 aliphatic heterocycles. The Labute approximate surface area is 213 Å². The van der Waals surface area contributed by atoms with Gasteiger partial charge in [-0.2, -0.15) is 4.36 Å². The number of nitrogens with one attached hydrogen (secondary N) is 1. The van der Waals surface area contributed by atoms with Gasteiger partial charge in [0, 0.05) is 42.3 Å². The number of amides is 1. The lowest BCUT2D eigenvalue weighted by Gasteiger charge is -2.23. The second-order valence-electron chi connectivity index (χ2n) is 8.57. The Morgan fingerprint density at radius 3 is 2.59 bits per heavy atom. The van der Waals surface area contributed by atoms with Gasteiger partial charge in [-0.05, 0) is 61.5 Å². The van der Waals surface area contributed by atoms with Gasteiger partial charge in [0.15, 0.2) is 5.82 Å². The van der Waals surface area contributed by atoms with E-state index in [1.54, 1.807) is 12.1 Å². The topological polar surface area (TPSA) is 137 Å². The largest absolute Gasteiger partial charge is 0.463 e. The quantitative estimate of drug-likeness (QED) is 0.183. The molecule has 3 aromatic rings. The summed E-state index contributed by atoms with van der Waals surface area (Å²) in [7, 11) is -1.28. The van der Waals surface area contributed by atoms with Crippen molar-refractivity contribution in [3.8, 4) is 11.3 Å². The number of benzene rings is 2. The van der Waals surface area contributed by atoms with Crippen LogP contribution in [0.5, 0.6) is 0 Å². The van der Waals surface area contributed by atoms with Crippen LogP contribution in [0.15, 0.2) is 47.0 Å². The van der Waals surface area contributed by atoms with Gasteiger partial charge >= 0.3 is 6.09 Å². The number of thiol groups is 1. The van der Waals surface area contributed by atoms with Gasteiger partial charge in [-0.15, -0.1) is 0 Å². The molecule has 0 unspecified atom stereocenters. The highest BCUT2D eigenvalue weighted by Crippen LogP contribution is 2.29. The Morgan fingerprint density at radius 2 is 1.92 bits per heavy atom. The highest BCUT2D eigenvalue weighted by atomic mass is 32.3. The molecule has 3 rings (SSSR count). The van der Waals surface area contributed by atoms with Crippen LogP contribution in [0.2, 0.25) is 0 Å². The van der Waals surface area contributed by atoms with Gasteiger partial charge in [0.1, 0.15) is 17.3 Å². The summed E-state index contributed by atoms with van der Waals surface area (Å²) in [5, 5.41) is 11.9. The number of hydrogen-bond donors (Lipinski definition) is 5. The molecule has 0 radical (unpaired) electrons. The van der Waals surface area contributed by atoms with Crippen molar-refractivity contribution in [1.29, 1.82) is 0 Å². The lowest BCUT2D eigenvalue weighted by molar-refractivity contribution is 0.206. The summed E-state index contributed by atoms with van der Waals surface area (Å²) in [6.07, 6.45) is 2.48. The number of anilines is 3. The van der Waals surface area contributed by atoms with E-state index in [1.807, 2.05) is 18.0 Å². The van der Waals surface area contributed by atoms with E-state index in [9.17, 15) is 22.5 Å². The monoisotopic (exact) mass is 538 g/mol. The van der Waals surface area contributed by atoms with Crippen molar-refractivity contribution in [1.82, 2.24) is 9.97 Å². The first-order valence-corrected chi connectivity index (χ1v) is 13.6. The molecule has 0 atom stereocenters. The van der Waals surface area contributed by atoms with Gasteiger partial charge in [-0.1, -0.05) is 10.1 Å². The second-order valence-corrected chi connectivity index (χ2v) is 11.3. The van der Waals surface area contributed by atoms with Crippen molar-refractivity contribution in [2.24, 2.45) is 10.1 Å². The molecule has 0 aliphatic carbocycles. The molecule has 0 fully saturated rings. The molecule has 200 valence electrons. The van der Waals surface area contributed by atoms with Crippen LogP contribution in [0.1, 0.15) is 18.4 Å². The van der Waals surface area contributed by atoms with Crippen LogP contribution in [0.3, 0.4) is 0 Å². The van der Waals surface area contributed by atoms with Crippen LogP contribution in [-0.4, -0.2) is 52.1 Å². The van der Waals surface area contributed by atoms with E-state index in [0.29, 0.717) is 30.4 Å². The Balaban J connectivity index is 1.99. The zero-order valence-corrected chi connectivity index (χ0v) is 21.2. The highest BCUT2D eigenvalue weighted by Gasteiger charge is 2.16. The fraction of sp³-hybridized carbons (Fsp3) is 0.292. The Kier molecular flexibility index (Phi) is 9.18. The Morgan fingerprint density at radius 1 is 1.16 bits per heavy atom. The van der Waals surface area contributed by atoms with E-state index < -0.39 is 33.7 Å². The number of unbranched alkanes of at least 4 members (excludes halogenated alkanes) is 1. The molecule has 0 spiro atoms. The first kappa shape index (κ1) is 28.0. The summed E-state index contributed by atoms with van der Waals surface area (Å²) in [6, 6.07) is 7.97. The van der Waals surface area contributed by atoms with Crippen LogP contribution in [0.4, 0.5) is 35.3 Å². The molecule has 1 amide bonds. The smallest absolute Gasteiger partial charge is 0.437 e. The number of hydrogen-bond acceptors (Lipinski definition) is 6. The van der Waals surface area contributed by atoms with E-state index in [4.69, 9.17) is 10.8 Å². The predicted octanol–water partition coefficient (Wildman–Crippen LogP) is 4.83. The Bertz CT molecular complexity index is 1340. The van der Waals surface area contributed by atoms with Crippen molar-refractivity contribution in [3.05, 3.63) is 65.6 Å². The van der Waals surface area contributed by atoms with Gasteiger partial charge in [0.25, 0.3) is 0 Å². The van der Waals surface area contributed by atoms with E-state index >= 15 is 0 Å². The van der Waals surface area contributed by atoms with Gasteiger partial charge in [-0.25, -0.2) is 27.9 Å². The lowest BCUT2D eigenvalue weighted by atomic mass is 10.1. The molecule has 0 bridgehead atoms. The molecule has 0 saturated heterocycles. The number of nitrogens with two attached hydrogens (primary N) is 1. The minimum Gasteiger partial charge on any atom is -0.463 e. The molecule has 1 heterocycles. The third kappa shape index (κ3) is 7.97. The minimum atomic E-state index is -3.15. The summed E-state index contributed by atoms with van der Waals surface area (Å²) in [5.41, 5.74) is 6.82. The summed E-state index contributed by atoms with van der Waals surface area (Å²) < 4.78 is 56.0. The van der Waals surface area contributed by atoms with Crippen molar-refractivity contribution in [2.75, 3.05) is 36.6 Å². The fourth-order valence-electron chi connectivity index (χ4n) is 3.67. The van der Waals surface area contributed by atoms with Crippen LogP contribution < -0.4 is 16.0 Å². The van der Waals surface area contributed by atoms with Crippen molar-refractivity contribution < 1.29 is 27.6 Å². The van der Waals surface area contributed by atoms with Crippen LogP contribution in [0, 0.1) is 17.5 Å². The maximum atomic E-state index is 14.4. The normalized spacial score (nSPS) is 11.8. The number of carboxylic acid groups (broad SMARTS) is 1. The van der Waals surface area contributed by atoms with Crippen molar-refractivity contribution in [2.45, 2.75) is 18.6 Å². The van der Waals surface area contributed by atoms with Gasteiger partial charge < -0.3 is 25.6 Å². The zero-order valence-electron chi connectivity index (χ0n) is 20.3. The number of carbonyl (C=O) groups is 1. The Hall–Kier alpha value is -3.55. The minimum absolute atomic E-state index is 0.00518. The third-order valence-electron chi connectivity index (χ3n) is 5.34. The third-order valence-corrected chi connectivity index (χ3v) is 6.90. The molecule has 5 N–H and O–H groups in total. The summed E-state index contributed by atoms with van der Waals surface area (Å²) in [6.45, 7) is 1.25. The zero-order chi connectivity index (χ0) is 27.2. The van der Waals surface area contributed by atoms with Crippen LogP contribution >= 0.6 is 0 Å². The molecule has 2 aromatic carbocycles. The molecular weight excluding hydrogens is 509 g/mol. The summed E-state index contributed by atoms with van der Waals surface area (Å²) in [4.78, 5) is 21.0. The molecule has 9 nitrogen and oxygen atoms in total. The summed E-state index contributed by atoms with van der Waals surface area (Å²) in [5.74, 6) is -2.72. The maximum Gasteiger partial charge on any atom is 0.437 e. The van der Waals surface area contributed by atoms with Crippen LogP contribution in [-0.2, 0) is 15.9 Å².